The van der Waals surface area contributed by atoms with Crippen LogP contribution in [0, 0.1) is 5.92 Å². The molecule has 0 aromatic rings. The minimum atomic E-state index is 0.946. The second-order valence-corrected chi connectivity index (χ2v) is 4.57. The highest BCUT2D eigenvalue weighted by Gasteiger charge is 2.28. The maximum atomic E-state index is 7.00. The van der Waals surface area contributed by atoms with Crippen LogP contribution in [0.2, 0.25) is 0 Å². The highest BCUT2D eigenvalue weighted by atomic mass is 16.2. The molecule has 2 atom stereocenters. The summed E-state index contributed by atoms with van der Waals surface area (Å²) in [5.41, 5.74) is 0. The van der Waals surface area contributed by atoms with Gasteiger partial charge in [0.05, 0.1) is 0 Å². The first kappa shape index (κ1) is 12.0. The van der Waals surface area contributed by atoms with E-state index in [1.54, 1.807) is 0 Å². The van der Waals surface area contributed by atoms with Gasteiger partial charge in [-0.25, -0.2) is 0 Å². The second kappa shape index (κ2) is 6.41. The van der Waals surface area contributed by atoms with Crippen LogP contribution >= 0.6 is 0 Å². The zero-order chi connectivity index (χ0) is 10.4. The Hall–Kier alpha value is -0.0800. The van der Waals surface area contributed by atoms with Crippen LogP contribution < -0.4 is 0 Å². The Kier molecular flexibility index (Phi) is 5.49. The van der Waals surface area contributed by atoms with Crippen molar-refractivity contribution in [1.82, 2.24) is 4.90 Å². The van der Waals surface area contributed by atoms with Crippen molar-refractivity contribution in [3.05, 3.63) is 0 Å². The zero-order valence-corrected chi connectivity index (χ0v) is 9.71. The Labute approximate surface area is 88.3 Å². The Bertz CT molecular complexity index is 143. The predicted octanol–water partition coefficient (Wildman–Crippen LogP) is 2.27. The molecule has 14 heavy (non-hydrogen) atoms. The summed E-state index contributed by atoms with van der Waals surface area (Å²) in [7, 11) is 1.00. The molecule has 0 radical (unpaired) electrons. The lowest BCUT2D eigenvalue weighted by Gasteiger charge is -2.36. The Balaban J connectivity index is 0.000000461. The molecular formula is C12H25NO. The van der Waals surface area contributed by atoms with Crippen molar-refractivity contribution in [3.63, 3.8) is 0 Å². The molecule has 0 aromatic carbocycles. The summed E-state index contributed by atoms with van der Waals surface area (Å²) in [4.78, 5) is 2.74. The maximum Gasteiger partial charge on any atom is 0.0319 e. The monoisotopic (exact) mass is 199 g/mol. The molecule has 0 amide bonds. The van der Waals surface area contributed by atoms with Gasteiger partial charge < -0.3 is 10.0 Å². The molecule has 84 valence electrons. The number of aliphatic hydroxyl groups is 1. The maximum absolute atomic E-state index is 7.00. The highest BCUT2D eigenvalue weighted by molar-refractivity contribution is 4.83. The molecule has 2 rings (SSSR count). The fourth-order valence-corrected chi connectivity index (χ4v) is 2.91. The van der Waals surface area contributed by atoms with Gasteiger partial charge in [0.1, 0.15) is 0 Å². The van der Waals surface area contributed by atoms with E-state index < -0.39 is 0 Å². The number of likely N-dealkylation sites (tertiary alicyclic amines) is 1. The average Bonchev–Trinajstić information content (AvgIpc) is 2.75. The molecular weight excluding hydrogens is 174 g/mol. The molecule has 1 aliphatic carbocycles. The Morgan fingerprint density at radius 2 is 1.50 bits per heavy atom. The first-order valence-corrected chi connectivity index (χ1v) is 6.07. The summed E-state index contributed by atoms with van der Waals surface area (Å²) in [6.07, 6.45) is 8.80. The van der Waals surface area contributed by atoms with E-state index in [0.717, 1.165) is 19.1 Å². The van der Waals surface area contributed by atoms with Gasteiger partial charge in [0, 0.05) is 13.2 Å². The second-order valence-electron chi connectivity index (χ2n) is 4.57. The van der Waals surface area contributed by atoms with Crippen molar-refractivity contribution in [1.29, 1.82) is 0 Å². The van der Waals surface area contributed by atoms with Gasteiger partial charge in [-0.15, -0.1) is 0 Å². The van der Waals surface area contributed by atoms with Crippen LogP contribution in [0.5, 0.6) is 0 Å². The van der Waals surface area contributed by atoms with Crippen LogP contribution in [0.15, 0.2) is 0 Å². The van der Waals surface area contributed by atoms with E-state index in [1.165, 1.54) is 51.6 Å². The molecule has 0 unspecified atom stereocenters. The largest absolute Gasteiger partial charge is 0.400 e. The molecule has 0 spiro atoms. The third-order valence-electron chi connectivity index (χ3n) is 3.68. The number of hydrogen-bond acceptors (Lipinski definition) is 2. The highest BCUT2D eigenvalue weighted by Crippen LogP contribution is 2.29. The van der Waals surface area contributed by atoms with Gasteiger partial charge in [0.2, 0.25) is 0 Å². The molecule has 1 heterocycles. The molecule has 1 aliphatic heterocycles. The lowest BCUT2D eigenvalue weighted by Crippen LogP contribution is -2.39. The van der Waals surface area contributed by atoms with E-state index in [0.29, 0.717) is 0 Å². The van der Waals surface area contributed by atoms with Gasteiger partial charge in [-0.05, 0) is 44.7 Å². The van der Waals surface area contributed by atoms with Crippen molar-refractivity contribution >= 4 is 0 Å². The van der Waals surface area contributed by atoms with Crippen molar-refractivity contribution in [2.75, 3.05) is 20.2 Å². The standard InChI is InChI=1S/C11H21N.CH4O/c1-10-6-2-3-7-11(10)12-8-4-5-9-12;1-2/h10-11H,2-9H2,1H3;2H,1H3/t10-,11-;/m1./s1. The van der Waals surface area contributed by atoms with Gasteiger partial charge in [-0.3, -0.25) is 0 Å². The van der Waals surface area contributed by atoms with Crippen molar-refractivity contribution < 1.29 is 5.11 Å². The third kappa shape index (κ3) is 2.96. The number of hydrogen-bond donors (Lipinski definition) is 1. The molecule has 2 aliphatic rings. The van der Waals surface area contributed by atoms with Crippen LogP contribution in [0.25, 0.3) is 0 Å². The molecule has 1 saturated heterocycles. The normalized spacial score (nSPS) is 33.6. The van der Waals surface area contributed by atoms with Gasteiger partial charge in [-0.2, -0.15) is 0 Å². The van der Waals surface area contributed by atoms with Crippen LogP contribution in [0.1, 0.15) is 45.4 Å². The fraction of sp³-hybridized carbons (Fsp3) is 1.00. The van der Waals surface area contributed by atoms with Gasteiger partial charge in [0.15, 0.2) is 0 Å². The molecule has 1 saturated carbocycles. The fourth-order valence-electron chi connectivity index (χ4n) is 2.91. The van der Waals surface area contributed by atoms with Crippen LogP contribution in [-0.4, -0.2) is 36.2 Å². The summed E-state index contributed by atoms with van der Waals surface area (Å²) in [6, 6.07) is 0.946. The first-order valence-electron chi connectivity index (χ1n) is 6.07. The van der Waals surface area contributed by atoms with Crippen LogP contribution in [-0.2, 0) is 0 Å². The summed E-state index contributed by atoms with van der Waals surface area (Å²) in [5.74, 6) is 0.969. The van der Waals surface area contributed by atoms with Crippen LogP contribution in [0.3, 0.4) is 0 Å². The summed E-state index contributed by atoms with van der Waals surface area (Å²) < 4.78 is 0. The van der Waals surface area contributed by atoms with Gasteiger partial charge >= 0.3 is 0 Å². The predicted molar refractivity (Wildman–Crippen MR) is 60.4 cm³/mol. The summed E-state index contributed by atoms with van der Waals surface area (Å²) in [6.45, 7) is 5.21. The van der Waals surface area contributed by atoms with Gasteiger partial charge in [-0.1, -0.05) is 19.8 Å². The van der Waals surface area contributed by atoms with E-state index in [9.17, 15) is 0 Å². The topological polar surface area (TPSA) is 23.5 Å². The van der Waals surface area contributed by atoms with E-state index in [-0.39, 0.29) is 0 Å². The number of aliphatic hydroxyl groups excluding tert-OH is 1. The number of nitrogens with zero attached hydrogens (tertiary/aromatic N) is 1. The third-order valence-corrected chi connectivity index (χ3v) is 3.68. The minimum Gasteiger partial charge on any atom is -0.400 e. The molecule has 2 heteroatoms. The summed E-state index contributed by atoms with van der Waals surface area (Å²) in [5, 5.41) is 7.00. The van der Waals surface area contributed by atoms with Gasteiger partial charge in [0.25, 0.3) is 0 Å². The molecule has 0 aromatic heterocycles. The smallest absolute Gasteiger partial charge is 0.0319 e. The quantitative estimate of drug-likeness (QED) is 0.700. The van der Waals surface area contributed by atoms with E-state index in [1.807, 2.05) is 0 Å². The SMILES string of the molecule is CO.C[C@@H]1CCCC[C@H]1N1CCCC1. The van der Waals surface area contributed by atoms with Crippen molar-refractivity contribution in [2.45, 2.75) is 51.5 Å². The molecule has 0 bridgehead atoms. The zero-order valence-electron chi connectivity index (χ0n) is 9.71. The van der Waals surface area contributed by atoms with E-state index >= 15 is 0 Å². The Morgan fingerprint density at radius 3 is 2.07 bits per heavy atom. The first-order chi connectivity index (χ1) is 6.88. The van der Waals surface area contributed by atoms with Crippen molar-refractivity contribution in [3.8, 4) is 0 Å². The Morgan fingerprint density at radius 1 is 0.929 bits per heavy atom. The molecule has 1 N–H and O–H groups in total. The minimum absolute atomic E-state index is 0.946. The van der Waals surface area contributed by atoms with E-state index in [4.69, 9.17) is 5.11 Å². The number of rotatable bonds is 1. The molecule has 2 fully saturated rings. The lowest BCUT2D eigenvalue weighted by atomic mass is 9.85. The van der Waals surface area contributed by atoms with Crippen LogP contribution in [0.4, 0.5) is 0 Å². The summed E-state index contributed by atoms with van der Waals surface area (Å²) >= 11 is 0. The van der Waals surface area contributed by atoms with Crippen molar-refractivity contribution in [2.24, 2.45) is 5.92 Å². The van der Waals surface area contributed by atoms with E-state index in [2.05, 4.69) is 11.8 Å². The molecule has 2 nitrogen and oxygen atoms in total. The average molecular weight is 199 g/mol. The lowest BCUT2D eigenvalue weighted by molar-refractivity contribution is 0.138.